The molecule has 2 aromatic rings. The van der Waals surface area contributed by atoms with E-state index in [-0.39, 0.29) is 0 Å². The summed E-state index contributed by atoms with van der Waals surface area (Å²) in [4.78, 5) is 21.3. The van der Waals surface area contributed by atoms with E-state index in [9.17, 15) is 0 Å². The van der Waals surface area contributed by atoms with Gasteiger partial charge < -0.3 is 14.7 Å². The summed E-state index contributed by atoms with van der Waals surface area (Å²) in [5.41, 5.74) is 4.80. The predicted octanol–water partition coefficient (Wildman–Crippen LogP) is 1.80. The molecule has 0 radical (unpaired) electrons. The number of aromatic nitrogens is 3. The topological polar surface area (TPSA) is 48.4 Å². The first-order chi connectivity index (χ1) is 12.1. The largest absolute Gasteiger partial charge is 0.351 e. The van der Waals surface area contributed by atoms with Crippen molar-refractivity contribution in [1.29, 1.82) is 0 Å². The van der Waals surface area contributed by atoms with Crippen molar-refractivity contribution in [2.24, 2.45) is 0 Å². The highest BCUT2D eigenvalue weighted by molar-refractivity contribution is 5.54. The average Bonchev–Trinajstić information content (AvgIpc) is 2.64. The molecule has 0 spiro atoms. The van der Waals surface area contributed by atoms with Crippen LogP contribution in [0.25, 0.3) is 0 Å². The lowest BCUT2D eigenvalue weighted by atomic mass is 10.1. The number of anilines is 2. The standard InChI is InChI=1S/C19H26N6/c1-14-15(2)21-19(24-11-9-23(3)10-12-24)22-18(14)25-8-6-17-16(13-25)5-4-7-20-17/h4-5,7H,6,8-13H2,1-3H3. The van der Waals surface area contributed by atoms with E-state index in [2.05, 4.69) is 46.6 Å². The molecule has 2 aliphatic heterocycles. The van der Waals surface area contributed by atoms with Crippen LogP contribution in [0.1, 0.15) is 22.5 Å². The fourth-order valence-electron chi connectivity index (χ4n) is 3.60. The Morgan fingerprint density at radius 2 is 1.76 bits per heavy atom. The predicted molar refractivity (Wildman–Crippen MR) is 100 cm³/mol. The second-order valence-corrected chi connectivity index (χ2v) is 7.13. The molecule has 0 unspecified atom stereocenters. The second-order valence-electron chi connectivity index (χ2n) is 7.13. The van der Waals surface area contributed by atoms with Gasteiger partial charge in [-0.25, -0.2) is 4.98 Å². The van der Waals surface area contributed by atoms with E-state index in [0.717, 1.165) is 63.1 Å². The van der Waals surface area contributed by atoms with Crippen molar-refractivity contribution in [2.45, 2.75) is 26.8 Å². The van der Waals surface area contributed by atoms with E-state index in [1.54, 1.807) is 0 Å². The molecule has 4 rings (SSSR count). The lowest BCUT2D eigenvalue weighted by molar-refractivity contribution is 0.311. The van der Waals surface area contributed by atoms with E-state index >= 15 is 0 Å². The third-order valence-electron chi connectivity index (χ3n) is 5.40. The Balaban J connectivity index is 1.63. The summed E-state index contributed by atoms with van der Waals surface area (Å²) >= 11 is 0. The van der Waals surface area contributed by atoms with Gasteiger partial charge in [0.15, 0.2) is 0 Å². The maximum Gasteiger partial charge on any atom is 0.227 e. The number of likely N-dealkylation sites (N-methyl/N-ethyl adjacent to an activating group) is 1. The Morgan fingerprint density at radius 1 is 0.960 bits per heavy atom. The Bertz CT molecular complexity index is 767. The molecule has 0 aromatic carbocycles. The van der Waals surface area contributed by atoms with Gasteiger partial charge >= 0.3 is 0 Å². The van der Waals surface area contributed by atoms with Crippen LogP contribution in [0, 0.1) is 13.8 Å². The van der Waals surface area contributed by atoms with Crippen LogP contribution in [0.3, 0.4) is 0 Å². The third-order valence-corrected chi connectivity index (χ3v) is 5.40. The Hall–Kier alpha value is -2.21. The molecular weight excluding hydrogens is 312 g/mol. The summed E-state index contributed by atoms with van der Waals surface area (Å²) in [5.74, 6) is 1.96. The SMILES string of the molecule is Cc1nc(N2CCN(C)CC2)nc(N2CCc3ncccc3C2)c1C. The smallest absolute Gasteiger partial charge is 0.227 e. The van der Waals surface area contributed by atoms with Gasteiger partial charge in [-0.2, -0.15) is 4.98 Å². The van der Waals surface area contributed by atoms with Crippen molar-refractivity contribution < 1.29 is 0 Å². The van der Waals surface area contributed by atoms with Crippen molar-refractivity contribution in [3.63, 3.8) is 0 Å². The van der Waals surface area contributed by atoms with E-state index in [0.29, 0.717) is 0 Å². The van der Waals surface area contributed by atoms with Crippen molar-refractivity contribution in [3.8, 4) is 0 Å². The minimum atomic E-state index is 0.878. The zero-order chi connectivity index (χ0) is 17.4. The molecule has 25 heavy (non-hydrogen) atoms. The van der Waals surface area contributed by atoms with Crippen LogP contribution in [0.15, 0.2) is 18.3 Å². The van der Waals surface area contributed by atoms with Crippen LogP contribution in [0.5, 0.6) is 0 Å². The molecule has 2 aromatic heterocycles. The number of hydrogen-bond acceptors (Lipinski definition) is 6. The van der Waals surface area contributed by atoms with Gasteiger partial charge in [0.05, 0.1) is 0 Å². The van der Waals surface area contributed by atoms with Crippen LogP contribution in [-0.2, 0) is 13.0 Å². The normalized spacial score (nSPS) is 18.4. The number of hydrogen-bond donors (Lipinski definition) is 0. The van der Waals surface area contributed by atoms with E-state index in [1.165, 1.54) is 16.8 Å². The fourth-order valence-corrected chi connectivity index (χ4v) is 3.60. The number of pyridine rings is 1. The molecule has 0 bridgehead atoms. The minimum Gasteiger partial charge on any atom is -0.351 e. The third kappa shape index (κ3) is 3.18. The molecule has 0 amide bonds. The zero-order valence-corrected chi connectivity index (χ0v) is 15.4. The summed E-state index contributed by atoms with van der Waals surface area (Å²) in [6.45, 7) is 10.2. The van der Waals surface area contributed by atoms with Gasteiger partial charge in [0.1, 0.15) is 5.82 Å². The van der Waals surface area contributed by atoms with E-state index in [1.807, 2.05) is 12.3 Å². The van der Waals surface area contributed by atoms with Crippen molar-refractivity contribution >= 4 is 11.8 Å². The number of piperazine rings is 1. The second kappa shape index (κ2) is 6.59. The number of nitrogens with zero attached hydrogens (tertiary/aromatic N) is 6. The molecule has 132 valence electrons. The van der Waals surface area contributed by atoms with Crippen LogP contribution < -0.4 is 9.80 Å². The Morgan fingerprint density at radius 3 is 2.56 bits per heavy atom. The van der Waals surface area contributed by atoms with Gasteiger partial charge in [-0.1, -0.05) is 6.07 Å². The molecule has 1 fully saturated rings. The van der Waals surface area contributed by atoms with Crippen molar-refractivity contribution in [1.82, 2.24) is 19.9 Å². The van der Waals surface area contributed by atoms with E-state index < -0.39 is 0 Å². The molecule has 0 N–H and O–H groups in total. The highest BCUT2D eigenvalue weighted by Gasteiger charge is 2.23. The molecule has 1 saturated heterocycles. The minimum absolute atomic E-state index is 0.878. The summed E-state index contributed by atoms with van der Waals surface area (Å²) < 4.78 is 0. The van der Waals surface area contributed by atoms with Gasteiger partial charge in [0.25, 0.3) is 0 Å². The van der Waals surface area contributed by atoms with Crippen molar-refractivity contribution in [3.05, 3.63) is 40.8 Å². The quantitative estimate of drug-likeness (QED) is 0.832. The summed E-state index contributed by atoms with van der Waals surface area (Å²) in [6.07, 6.45) is 2.86. The maximum absolute atomic E-state index is 4.98. The number of aryl methyl sites for hydroxylation is 1. The molecule has 4 heterocycles. The van der Waals surface area contributed by atoms with Crippen LogP contribution in [0.2, 0.25) is 0 Å². The highest BCUT2D eigenvalue weighted by Crippen LogP contribution is 2.28. The van der Waals surface area contributed by atoms with Gasteiger partial charge in [-0.3, -0.25) is 4.98 Å². The summed E-state index contributed by atoms with van der Waals surface area (Å²) in [7, 11) is 2.17. The maximum atomic E-state index is 4.98. The fraction of sp³-hybridized carbons (Fsp3) is 0.526. The van der Waals surface area contributed by atoms with Gasteiger partial charge in [0, 0.05) is 68.8 Å². The molecule has 6 nitrogen and oxygen atoms in total. The van der Waals surface area contributed by atoms with Crippen LogP contribution in [0.4, 0.5) is 11.8 Å². The molecule has 6 heteroatoms. The van der Waals surface area contributed by atoms with Crippen molar-refractivity contribution in [2.75, 3.05) is 49.6 Å². The Labute approximate surface area is 149 Å². The summed E-state index contributed by atoms with van der Waals surface area (Å²) in [6, 6.07) is 4.20. The lowest BCUT2D eigenvalue weighted by Gasteiger charge is -2.34. The Kier molecular flexibility index (Phi) is 4.29. The molecule has 0 aliphatic carbocycles. The van der Waals surface area contributed by atoms with Gasteiger partial charge in [0.2, 0.25) is 5.95 Å². The zero-order valence-electron chi connectivity index (χ0n) is 15.4. The first-order valence-corrected chi connectivity index (χ1v) is 9.08. The number of rotatable bonds is 2. The van der Waals surface area contributed by atoms with E-state index in [4.69, 9.17) is 9.97 Å². The highest BCUT2D eigenvalue weighted by atomic mass is 15.3. The molecular formula is C19H26N6. The van der Waals surface area contributed by atoms with Crippen LogP contribution >= 0.6 is 0 Å². The number of fused-ring (bicyclic) bond motifs is 1. The monoisotopic (exact) mass is 338 g/mol. The first kappa shape index (κ1) is 16.3. The first-order valence-electron chi connectivity index (χ1n) is 9.08. The van der Waals surface area contributed by atoms with Gasteiger partial charge in [-0.15, -0.1) is 0 Å². The summed E-state index contributed by atoms with van der Waals surface area (Å²) in [5, 5.41) is 0. The van der Waals surface area contributed by atoms with Crippen LogP contribution in [-0.4, -0.2) is 59.6 Å². The molecule has 0 saturated carbocycles. The molecule has 2 aliphatic rings. The van der Waals surface area contributed by atoms with Gasteiger partial charge in [-0.05, 0) is 32.5 Å². The molecule has 0 atom stereocenters. The average molecular weight is 338 g/mol. The lowest BCUT2D eigenvalue weighted by Crippen LogP contribution is -2.45.